The van der Waals surface area contributed by atoms with Crippen LogP contribution in [0.2, 0.25) is 0 Å². The first-order chi connectivity index (χ1) is 18.0. The molecule has 3 heterocycles. The summed E-state index contributed by atoms with van der Waals surface area (Å²) in [6, 6.07) is 12.6. The number of morpholine rings is 1. The Kier molecular flexibility index (Phi) is 8.08. The molecule has 11 nitrogen and oxygen atoms in total. The average molecular weight is 515 g/mol. The monoisotopic (exact) mass is 514 g/mol. The number of phenolic OH excluding ortho intramolecular Hbond substituents is 1. The Labute approximate surface area is 214 Å². The Hall–Kier alpha value is -2.93. The summed E-state index contributed by atoms with van der Waals surface area (Å²) in [6.45, 7) is 4.75. The first kappa shape index (κ1) is 25.7. The molecule has 5 rings (SSSR count). The minimum atomic E-state index is -1.23. The Balaban J connectivity index is 1.27. The molecule has 37 heavy (non-hydrogen) atoms. The second kappa shape index (κ2) is 11.6. The SMILES string of the molecule is OC[C@H]1O[C@@H](n2c(NCc3ccc(O)c(OCCCN4CCOCC4)c3)nc3ccccc32)[C@H](O)[C@@H]1O. The molecule has 5 N–H and O–H groups in total. The zero-order valence-corrected chi connectivity index (χ0v) is 20.6. The molecule has 0 unspecified atom stereocenters. The zero-order valence-electron chi connectivity index (χ0n) is 20.6. The molecule has 11 heteroatoms. The van der Waals surface area contributed by atoms with Gasteiger partial charge in [0.2, 0.25) is 5.95 Å². The number of aliphatic hydroxyl groups is 3. The number of benzene rings is 2. The van der Waals surface area contributed by atoms with Gasteiger partial charge in [0.1, 0.15) is 18.3 Å². The molecule has 2 saturated heterocycles. The standard InChI is InChI=1S/C26H34N4O7/c31-16-22-23(33)24(34)25(37-22)30-19-5-2-1-4-18(19)28-26(30)27-15-17-6-7-20(32)21(14-17)36-11-3-8-29-9-12-35-13-10-29/h1-2,4-7,14,22-25,31-34H,3,8-13,15-16H2,(H,27,28)/t22-,23-,24-,25-/m1/s1. The number of aromatic nitrogens is 2. The van der Waals surface area contributed by atoms with E-state index in [0.717, 1.165) is 50.3 Å². The Morgan fingerprint density at radius 1 is 1.08 bits per heavy atom. The number of hydrogen-bond acceptors (Lipinski definition) is 10. The van der Waals surface area contributed by atoms with Gasteiger partial charge in [-0.2, -0.15) is 0 Å². The van der Waals surface area contributed by atoms with Gasteiger partial charge in [0, 0.05) is 26.2 Å². The number of nitrogens with one attached hydrogen (secondary N) is 1. The molecule has 4 atom stereocenters. The maximum atomic E-state index is 10.6. The van der Waals surface area contributed by atoms with Crippen LogP contribution < -0.4 is 10.1 Å². The molecule has 0 spiro atoms. The van der Waals surface area contributed by atoms with Gasteiger partial charge in [-0.15, -0.1) is 0 Å². The first-order valence-corrected chi connectivity index (χ1v) is 12.6. The van der Waals surface area contributed by atoms with Crippen LogP contribution in [-0.4, -0.2) is 99.3 Å². The van der Waals surface area contributed by atoms with Crippen molar-refractivity contribution in [3.05, 3.63) is 48.0 Å². The lowest BCUT2D eigenvalue weighted by Gasteiger charge is -2.26. The smallest absolute Gasteiger partial charge is 0.206 e. The van der Waals surface area contributed by atoms with E-state index < -0.39 is 31.1 Å². The fraction of sp³-hybridized carbons (Fsp3) is 0.500. The number of ether oxygens (including phenoxy) is 3. The van der Waals surface area contributed by atoms with Gasteiger partial charge < -0.3 is 40.0 Å². The number of hydrogen-bond donors (Lipinski definition) is 5. The lowest BCUT2D eigenvalue weighted by Crippen LogP contribution is -2.37. The summed E-state index contributed by atoms with van der Waals surface area (Å²) >= 11 is 0. The highest BCUT2D eigenvalue weighted by Gasteiger charge is 2.44. The van der Waals surface area contributed by atoms with Crippen molar-refractivity contribution in [1.82, 2.24) is 14.5 Å². The third kappa shape index (κ3) is 5.66. The third-order valence-electron chi connectivity index (χ3n) is 6.82. The molecule has 0 aliphatic carbocycles. The second-order valence-electron chi connectivity index (χ2n) is 9.33. The predicted octanol–water partition coefficient (Wildman–Crippen LogP) is 1.07. The number of phenols is 1. The van der Waals surface area contributed by atoms with Crippen LogP contribution in [0.15, 0.2) is 42.5 Å². The van der Waals surface area contributed by atoms with E-state index in [1.165, 1.54) is 0 Å². The van der Waals surface area contributed by atoms with Crippen molar-refractivity contribution in [2.45, 2.75) is 37.5 Å². The maximum absolute atomic E-state index is 10.6. The number of nitrogens with zero attached hydrogens (tertiary/aromatic N) is 3. The second-order valence-corrected chi connectivity index (χ2v) is 9.33. The molecule has 2 aliphatic rings. The number of anilines is 1. The highest BCUT2D eigenvalue weighted by Crippen LogP contribution is 2.35. The number of aliphatic hydroxyl groups excluding tert-OH is 3. The summed E-state index contributed by atoms with van der Waals surface area (Å²) < 4.78 is 18.7. The molecule has 0 saturated carbocycles. The molecule has 2 fully saturated rings. The van der Waals surface area contributed by atoms with Crippen LogP contribution in [0, 0.1) is 0 Å². The normalized spacial score (nSPS) is 24.5. The Morgan fingerprint density at radius 3 is 2.68 bits per heavy atom. The summed E-state index contributed by atoms with van der Waals surface area (Å²) in [5.74, 6) is 0.934. The highest BCUT2D eigenvalue weighted by molar-refractivity contribution is 5.78. The Morgan fingerprint density at radius 2 is 1.89 bits per heavy atom. The molecular formula is C26H34N4O7. The molecule has 0 bridgehead atoms. The summed E-state index contributed by atoms with van der Waals surface area (Å²) in [5.41, 5.74) is 2.27. The molecule has 2 aromatic carbocycles. The first-order valence-electron chi connectivity index (χ1n) is 12.6. The average Bonchev–Trinajstić information content (AvgIpc) is 3.43. The summed E-state index contributed by atoms with van der Waals surface area (Å²) in [7, 11) is 0. The van der Waals surface area contributed by atoms with E-state index in [1.807, 2.05) is 24.3 Å². The van der Waals surface area contributed by atoms with Crippen molar-refractivity contribution in [2.75, 3.05) is 51.4 Å². The van der Waals surface area contributed by atoms with Crippen molar-refractivity contribution >= 4 is 17.0 Å². The van der Waals surface area contributed by atoms with Crippen LogP contribution in [0.25, 0.3) is 11.0 Å². The van der Waals surface area contributed by atoms with Crippen molar-refractivity contribution in [3.63, 3.8) is 0 Å². The minimum Gasteiger partial charge on any atom is -0.504 e. The predicted molar refractivity (Wildman–Crippen MR) is 136 cm³/mol. The van der Waals surface area contributed by atoms with E-state index in [0.29, 0.717) is 30.4 Å². The van der Waals surface area contributed by atoms with Gasteiger partial charge in [0.15, 0.2) is 17.7 Å². The summed E-state index contributed by atoms with van der Waals surface area (Å²) in [4.78, 5) is 6.99. The minimum absolute atomic E-state index is 0.0777. The van der Waals surface area contributed by atoms with Crippen LogP contribution in [0.5, 0.6) is 11.5 Å². The zero-order chi connectivity index (χ0) is 25.8. The van der Waals surface area contributed by atoms with Crippen LogP contribution in [0.3, 0.4) is 0 Å². The van der Waals surface area contributed by atoms with Crippen molar-refractivity contribution in [3.8, 4) is 11.5 Å². The summed E-state index contributed by atoms with van der Waals surface area (Å²) in [6.07, 6.45) is -3.43. The molecule has 0 radical (unpaired) electrons. The molecule has 2 aliphatic heterocycles. The van der Waals surface area contributed by atoms with Gasteiger partial charge in [-0.05, 0) is 36.2 Å². The number of fused-ring (bicyclic) bond motifs is 1. The van der Waals surface area contributed by atoms with Gasteiger partial charge in [0.05, 0.1) is 37.5 Å². The van der Waals surface area contributed by atoms with E-state index in [4.69, 9.17) is 14.2 Å². The van der Waals surface area contributed by atoms with Crippen LogP contribution >= 0.6 is 0 Å². The van der Waals surface area contributed by atoms with E-state index >= 15 is 0 Å². The van der Waals surface area contributed by atoms with Crippen LogP contribution in [0.4, 0.5) is 5.95 Å². The van der Waals surface area contributed by atoms with Crippen LogP contribution in [0.1, 0.15) is 18.2 Å². The quantitative estimate of drug-likeness (QED) is 0.249. The largest absolute Gasteiger partial charge is 0.504 e. The van der Waals surface area contributed by atoms with Gasteiger partial charge in [-0.1, -0.05) is 18.2 Å². The van der Waals surface area contributed by atoms with Gasteiger partial charge in [-0.25, -0.2) is 4.98 Å². The van der Waals surface area contributed by atoms with E-state index in [-0.39, 0.29) is 5.75 Å². The van der Waals surface area contributed by atoms with Gasteiger partial charge in [0.25, 0.3) is 0 Å². The number of imidazole rings is 1. The Bertz CT molecular complexity index is 1180. The maximum Gasteiger partial charge on any atom is 0.206 e. The molecular weight excluding hydrogens is 480 g/mol. The van der Waals surface area contributed by atoms with Crippen LogP contribution in [-0.2, 0) is 16.0 Å². The fourth-order valence-corrected chi connectivity index (χ4v) is 4.78. The van der Waals surface area contributed by atoms with Gasteiger partial charge in [-0.3, -0.25) is 9.47 Å². The number of aromatic hydroxyl groups is 1. The molecule has 0 amide bonds. The lowest BCUT2D eigenvalue weighted by molar-refractivity contribution is -0.0499. The topological polar surface area (TPSA) is 142 Å². The fourth-order valence-electron chi connectivity index (χ4n) is 4.78. The van der Waals surface area contributed by atoms with Crippen molar-refractivity contribution in [2.24, 2.45) is 0 Å². The summed E-state index contributed by atoms with van der Waals surface area (Å²) in [5, 5.41) is 44.0. The molecule has 3 aromatic rings. The number of para-hydroxylation sites is 2. The third-order valence-corrected chi connectivity index (χ3v) is 6.82. The van der Waals surface area contributed by atoms with E-state index in [2.05, 4.69) is 15.2 Å². The molecule has 1 aromatic heterocycles. The van der Waals surface area contributed by atoms with E-state index in [9.17, 15) is 20.4 Å². The van der Waals surface area contributed by atoms with E-state index in [1.54, 1.807) is 22.8 Å². The number of rotatable bonds is 10. The van der Waals surface area contributed by atoms with Crippen molar-refractivity contribution in [1.29, 1.82) is 0 Å². The lowest BCUT2D eigenvalue weighted by atomic mass is 10.1. The molecule has 200 valence electrons. The van der Waals surface area contributed by atoms with Crippen molar-refractivity contribution < 1.29 is 34.6 Å². The highest BCUT2D eigenvalue weighted by atomic mass is 16.6. The van der Waals surface area contributed by atoms with Gasteiger partial charge >= 0.3 is 0 Å².